The Bertz CT molecular complexity index is 259. The normalized spacial score (nSPS) is 8.83. The van der Waals surface area contributed by atoms with Crippen LogP contribution < -0.4 is 5.32 Å². The lowest BCUT2D eigenvalue weighted by Crippen LogP contribution is -1.97. The molecule has 0 aromatic carbocycles. The van der Waals surface area contributed by atoms with Gasteiger partial charge in [0.15, 0.2) is 0 Å². The van der Waals surface area contributed by atoms with Crippen molar-refractivity contribution in [2.75, 3.05) is 12.4 Å². The van der Waals surface area contributed by atoms with E-state index in [0.29, 0.717) is 6.42 Å². The molecule has 0 unspecified atom stereocenters. The van der Waals surface area contributed by atoms with Gasteiger partial charge in [-0.25, -0.2) is 0 Å². The second-order valence-electron chi connectivity index (χ2n) is 2.39. The molecule has 1 rings (SSSR count). The van der Waals surface area contributed by atoms with Crippen LogP contribution in [0.3, 0.4) is 0 Å². The number of hydrogen-bond acceptors (Lipinski definition) is 3. The third-order valence-electron chi connectivity index (χ3n) is 1.42. The zero-order chi connectivity index (χ0) is 8.27. The molecule has 2 nitrogen and oxygen atoms in total. The van der Waals surface area contributed by atoms with E-state index in [1.807, 2.05) is 18.5 Å². The minimum absolute atomic E-state index is 0. The van der Waals surface area contributed by atoms with Crippen molar-refractivity contribution in [3.05, 3.63) is 16.3 Å². The number of nitrogens with one attached hydrogen (secondary N) is 1. The van der Waals surface area contributed by atoms with Gasteiger partial charge in [-0.15, -0.1) is 23.7 Å². The van der Waals surface area contributed by atoms with E-state index < -0.39 is 0 Å². The van der Waals surface area contributed by atoms with E-state index >= 15 is 0 Å². The van der Waals surface area contributed by atoms with Crippen molar-refractivity contribution in [3.63, 3.8) is 0 Å². The zero-order valence-electron chi connectivity index (χ0n) is 7.09. The minimum atomic E-state index is 0. The Balaban J connectivity index is 0.00000121. The highest BCUT2D eigenvalue weighted by molar-refractivity contribution is 7.10. The number of carbonyl (C=O) groups excluding carboxylic acids is 1. The van der Waals surface area contributed by atoms with Gasteiger partial charge >= 0.3 is 0 Å². The summed E-state index contributed by atoms with van der Waals surface area (Å²) < 4.78 is 0. The first kappa shape index (κ1) is 11.5. The van der Waals surface area contributed by atoms with E-state index in [1.54, 1.807) is 18.3 Å². The number of Topliss-reactive ketones (excluding diaryl/α,β-unsaturated/α-hetero) is 1. The van der Waals surface area contributed by atoms with Gasteiger partial charge in [-0.05, 0) is 18.4 Å². The minimum Gasteiger partial charge on any atom is -0.387 e. The molecule has 0 saturated carbocycles. The lowest BCUT2D eigenvalue weighted by atomic mass is 10.2. The van der Waals surface area contributed by atoms with Crippen molar-refractivity contribution in [2.24, 2.45) is 0 Å². The average Bonchev–Trinajstić information content (AvgIpc) is 2.34. The molecule has 0 bridgehead atoms. The van der Waals surface area contributed by atoms with E-state index in [-0.39, 0.29) is 18.2 Å². The van der Waals surface area contributed by atoms with Crippen LogP contribution in [0.5, 0.6) is 0 Å². The molecule has 0 fully saturated rings. The largest absolute Gasteiger partial charge is 0.387 e. The zero-order valence-corrected chi connectivity index (χ0v) is 8.72. The standard InChI is InChI=1S/C8H11NOS.ClH/c1-6(10)5-8-7(9-2)3-4-11-8;/h3-4,9H,5H2,1-2H3;1H. The van der Waals surface area contributed by atoms with Gasteiger partial charge in [-0.1, -0.05) is 0 Å². The predicted molar refractivity (Wildman–Crippen MR) is 55.5 cm³/mol. The topological polar surface area (TPSA) is 29.1 Å². The van der Waals surface area contributed by atoms with Crippen LogP contribution in [0.1, 0.15) is 11.8 Å². The van der Waals surface area contributed by atoms with Gasteiger partial charge < -0.3 is 5.32 Å². The monoisotopic (exact) mass is 205 g/mol. The van der Waals surface area contributed by atoms with Crippen molar-refractivity contribution in [3.8, 4) is 0 Å². The van der Waals surface area contributed by atoms with Crippen LogP contribution in [0.4, 0.5) is 5.69 Å². The van der Waals surface area contributed by atoms with Gasteiger partial charge in [0.05, 0.1) is 0 Å². The van der Waals surface area contributed by atoms with Gasteiger partial charge in [0.1, 0.15) is 5.78 Å². The molecule has 0 amide bonds. The second kappa shape index (κ2) is 5.17. The summed E-state index contributed by atoms with van der Waals surface area (Å²) in [6.45, 7) is 1.61. The van der Waals surface area contributed by atoms with Crippen LogP contribution in [-0.2, 0) is 11.2 Å². The van der Waals surface area contributed by atoms with Crippen LogP contribution in [0.15, 0.2) is 11.4 Å². The van der Waals surface area contributed by atoms with Crippen LogP contribution in [0, 0.1) is 0 Å². The first-order chi connectivity index (χ1) is 5.24. The molecule has 0 atom stereocenters. The smallest absolute Gasteiger partial charge is 0.135 e. The Morgan fingerprint density at radius 3 is 2.83 bits per heavy atom. The third-order valence-corrected chi connectivity index (χ3v) is 2.35. The number of hydrogen-bond donors (Lipinski definition) is 1. The molecule has 1 aromatic rings. The molecule has 0 aliphatic rings. The van der Waals surface area contributed by atoms with Crippen LogP contribution >= 0.6 is 23.7 Å². The van der Waals surface area contributed by atoms with Gasteiger partial charge in [-0.2, -0.15) is 0 Å². The molecule has 1 N–H and O–H groups in total. The highest BCUT2D eigenvalue weighted by atomic mass is 35.5. The molecule has 4 heteroatoms. The Morgan fingerprint density at radius 1 is 1.67 bits per heavy atom. The second-order valence-corrected chi connectivity index (χ2v) is 3.39. The van der Waals surface area contributed by atoms with Crippen LogP contribution in [0.2, 0.25) is 0 Å². The molecule has 68 valence electrons. The van der Waals surface area contributed by atoms with Crippen molar-refractivity contribution < 1.29 is 4.79 Å². The van der Waals surface area contributed by atoms with Gasteiger partial charge in [-0.3, -0.25) is 4.79 Å². The number of ketones is 1. The average molecular weight is 206 g/mol. The summed E-state index contributed by atoms with van der Waals surface area (Å²) in [5, 5.41) is 5.03. The molecular weight excluding hydrogens is 194 g/mol. The number of halogens is 1. The molecule has 12 heavy (non-hydrogen) atoms. The molecule has 0 aliphatic carbocycles. The number of anilines is 1. The Morgan fingerprint density at radius 2 is 2.33 bits per heavy atom. The Hall–Kier alpha value is -0.540. The van der Waals surface area contributed by atoms with E-state index in [2.05, 4.69) is 5.32 Å². The summed E-state index contributed by atoms with van der Waals surface area (Å²) >= 11 is 1.62. The van der Waals surface area contributed by atoms with Crippen molar-refractivity contribution in [2.45, 2.75) is 13.3 Å². The quantitative estimate of drug-likeness (QED) is 0.821. The summed E-state index contributed by atoms with van der Waals surface area (Å²) in [7, 11) is 1.87. The predicted octanol–water partition coefficient (Wildman–Crippen LogP) is 2.34. The SMILES string of the molecule is CNc1ccsc1CC(C)=O.Cl. The molecule has 1 aromatic heterocycles. The van der Waals surface area contributed by atoms with E-state index in [0.717, 1.165) is 10.6 Å². The molecule has 0 spiro atoms. The Kier molecular flexibility index (Phi) is 4.93. The van der Waals surface area contributed by atoms with Crippen molar-refractivity contribution in [1.82, 2.24) is 0 Å². The van der Waals surface area contributed by atoms with E-state index in [9.17, 15) is 4.79 Å². The highest BCUT2D eigenvalue weighted by Gasteiger charge is 2.03. The van der Waals surface area contributed by atoms with Gasteiger partial charge in [0.25, 0.3) is 0 Å². The summed E-state index contributed by atoms with van der Waals surface area (Å²) in [6.07, 6.45) is 0.549. The molecule has 0 saturated heterocycles. The lowest BCUT2D eigenvalue weighted by Gasteiger charge is -1.98. The first-order valence-electron chi connectivity index (χ1n) is 3.47. The maximum absolute atomic E-state index is 10.8. The highest BCUT2D eigenvalue weighted by Crippen LogP contribution is 2.21. The summed E-state index contributed by atoms with van der Waals surface area (Å²) in [6, 6.07) is 1.99. The third kappa shape index (κ3) is 2.83. The van der Waals surface area contributed by atoms with Crippen molar-refractivity contribution in [1.29, 1.82) is 0 Å². The Labute approximate surface area is 82.4 Å². The number of rotatable bonds is 3. The molecule has 0 aliphatic heterocycles. The molecule has 0 radical (unpaired) electrons. The lowest BCUT2D eigenvalue weighted by molar-refractivity contribution is -0.116. The van der Waals surface area contributed by atoms with Crippen LogP contribution in [-0.4, -0.2) is 12.8 Å². The summed E-state index contributed by atoms with van der Waals surface area (Å²) in [4.78, 5) is 11.9. The maximum Gasteiger partial charge on any atom is 0.135 e. The molecule has 1 heterocycles. The van der Waals surface area contributed by atoms with Gasteiger partial charge in [0.2, 0.25) is 0 Å². The fourth-order valence-electron chi connectivity index (χ4n) is 0.926. The van der Waals surface area contributed by atoms with Crippen LogP contribution in [0.25, 0.3) is 0 Å². The fraction of sp³-hybridized carbons (Fsp3) is 0.375. The van der Waals surface area contributed by atoms with E-state index in [1.165, 1.54) is 0 Å². The van der Waals surface area contributed by atoms with E-state index in [4.69, 9.17) is 0 Å². The number of thiophene rings is 1. The number of carbonyl (C=O) groups is 1. The van der Waals surface area contributed by atoms with Crippen molar-refractivity contribution >= 4 is 35.2 Å². The molecular formula is C8H12ClNOS. The first-order valence-corrected chi connectivity index (χ1v) is 4.35. The maximum atomic E-state index is 10.8. The van der Waals surface area contributed by atoms with Gasteiger partial charge in [0, 0.05) is 24.0 Å². The summed E-state index contributed by atoms with van der Waals surface area (Å²) in [5.41, 5.74) is 1.07. The summed E-state index contributed by atoms with van der Waals surface area (Å²) in [5.74, 6) is 0.212. The fourth-order valence-corrected chi connectivity index (χ4v) is 1.88.